The number of hydrogen-bond donors (Lipinski definition) is 0. The Balaban J connectivity index is 1.15. The van der Waals surface area contributed by atoms with Crippen LogP contribution in [0.2, 0.25) is 5.15 Å². The van der Waals surface area contributed by atoms with Gasteiger partial charge in [0.1, 0.15) is 16.8 Å². The molecule has 3 heterocycles. The number of rotatable bonds is 6. The number of nitrogens with zero attached hydrogens (tertiary/aromatic N) is 6. The van der Waals surface area contributed by atoms with E-state index in [-0.39, 0.29) is 29.4 Å². The van der Waals surface area contributed by atoms with Gasteiger partial charge in [-0.25, -0.2) is 14.4 Å². The maximum Gasteiger partial charge on any atom is 0.254 e. The van der Waals surface area contributed by atoms with E-state index in [1.165, 1.54) is 17.8 Å². The highest BCUT2D eigenvalue weighted by molar-refractivity contribution is 7.99. The second-order valence-corrected chi connectivity index (χ2v) is 10.9. The molecule has 1 aromatic heterocycles. The number of thioether (sulfide) groups is 1. The standard InChI is InChI=1S/C28H30ClFN6O2S/c1-20-18-35(15-16-36(20)27(38)21-7-3-2-4-8-21)25-17-24(29)31-28(32-25)39-19-26(37)34-13-11-33(12-14-34)23-10-6-5-9-22(23)30/h2-10,17,20H,11-16,18-19H2,1H3. The lowest BCUT2D eigenvalue weighted by Gasteiger charge is -2.40. The number of para-hydroxylation sites is 1. The topological polar surface area (TPSA) is 72.9 Å². The van der Waals surface area contributed by atoms with Gasteiger partial charge in [0, 0.05) is 63.5 Å². The van der Waals surface area contributed by atoms with Crippen LogP contribution in [0.15, 0.2) is 65.8 Å². The van der Waals surface area contributed by atoms with Crippen molar-refractivity contribution < 1.29 is 14.0 Å². The third-order valence-electron chi connectivity index (χ3n) is 7.04. The molecule has 11 heteroatoms. The Morgan fingerprint density at radius 3 is 2.36 bits per heavy atom. The lowest BCUT2D eigenvalue weighted by molar-refractivity contribution is -0.128. The molecule has 0 radical (unpaired) electrons. The number of benzene rings is 2. The average molecular weight is 569 g/mol. The van der Waals surface area contributed by atoms with E-state index >= 15 is 0 Å². The van der Waals surface area contributed by atoms with E-state index in [0.29, 0.717) is 73.2 Å². The van der Waals surface area contributed by atoms with Crippen LogP contribution in [0, 0.1) is 5.82 Å². The zero-order valence-corrected chi connectivity index (χ0v) is 23.2. The zero-order chi connectivity index (χ0) is 27.4. The molecule has 2 aliphatic rings. The molecule has 2 aromatic carbocycles. The molecule has 8 nitrogen and oxygen atoms in total. The third-order valence-corrected chi connectivity index (χ3v) is 8.07. The van der Waals surface area contributed by atoms with E-state index in [1.807, 2.05) is 53.1 Å². The SMILES string of the molecule is CC1CN(c2cc(Cl)nc(SCC(=O)N3CCN(c4ccccc4F)CC3)n2)CCN1C(=O)c1ccccc1. The van der Waals surface area contributed by atoms with Crippen molar-refractivity contribution in [2.24, 2.45) is 0 Å². The first-order chi connectivity index (χ1) is 18.9. The van der Waals surface area contributed by atoms with E-state index in [4.69, 9.17) is 11.6 Å². The van der Waals surface area contributed by atoms with Crippen molar-refractivity contribution >= 4 is 46.7 Å². The van der Waals surface area contributed by atoms with Gasteiger partial charge in [-0.05, 0) is 31.2 Å². The molecular weight excluding hydrogens is 539 g/mol. The summed E-state index contributed by atoms with van der Waals surface area (Å²) in [5, 5.41) is 0.746. The number of amides is 2. The number of carbonyl (C=O) groups excluding carboxylic acids is 2. The number of anilines is 2. The Bertz CT molecular complexity index is 1320. The Hall–Kier alpha value is -3.37. The van der Waals surface area contributed by atoms with Crippen LogP contribution < -0.4 is 9.80 Å². The molecule has 2 amide bonds. The molecule has 3 aromatic rings. The average Bonchev–Trinajstić information content (AvgIpc) is 2.96. The van der Waals surface area contributed by atoms with Gasteiger partial charge in [-0.1, -0.05) is 53.7 Å². The minimum atomic E-state index is -0.250. The molecule has 204 valence electrons. The van der Waals surface area contributed by atoms with E-state index < -0.39 is 0 Å². The largest absolute Gasteiger partial charge is 0.366 e. The van der Waals surface area contributed by atoms with Crippen LogP contribution in [0.1, 0.15) is 17.3 Å². The van der Waals surface area contributed by atoms with Gasteiger partial charge in [0.15, 0.2) is 5.16 Å². The molecule has 0 spiro atoms. The first kappa shape index (κ1) is 27.2. The highest BCUT2D eigenvalue weighted by Crippen LogP contribution is 2.26. The quantitative estimate of drug-likeness (QED) is 0.252. The van der Waals surface area contributed by atoms with Gasteiger partial charge in [-0.15, -0.1) is 0 Å². The Kier molecular flexibility index (Phi) is 8.52. The van der Waals surface area contributed by atoms with E-state index in [0.717, 1.165) is 0 Å². The molecule has 0 aliphatic carbocycles. The van der Waals surface area contributed by atoms with Gasteiger partial charge in [0.2, 0.25) is 5.91 Å². The van der Waals surface area contributed by atoms with Crippen molar-refractivity contribution in [2.75, 3.05) is 61.4 Å². The smallest absolute Gasteiger partial charge is 0.254 e. The maximum absolute atomic E-state index is 14.1. The highest BCUT2D eigenvalue weighted by Gasteiger charge is 2.29. The van der Waals surface area contributed by atoms with E-state index in [2.05, 4.69) is 14.9 Å². The van der Waals surface area contributed by atoms with Gasteiger partial charge in [0.25, 0.3) is 5.91 Å². The fourth-order valence-electron chi connectivity index (χ4n) is 4.95. The summed E-state index contributed by atoms with van der Waals surface area (Å²) in [6.45, 7) is 6.02. The second kappa shape index (κ2) is 12.2. The fourth-order valence-corrected chi connectivity index (χ4v) is 5.93. The van der Waals surface area contributed by atoms with Crippen molar-refractivity contribution in [1.29, 1.82) is 0 Å². The number of piperazine rings is 2. The van der Waals surface area contributed by atoms with Gasteiger partial charge in [-0.2, -0.15) is 0 Å². The molecule has 2 saturated heterocycles. The summed E-state index contributed by atoms with van der Waals surface area (Å²) in [6, 6.07) is 17.7. The summed E-state index contributed by atoms with van der Waals surface area (Å²) < 4.78 is 14.1. The van der Waals surface area contributed by atoms with E-state index in [9.17, 15) is 14.0 Å². The van der Waals surface area contributed by atoms with Crippen molar-refractivity contribution in [3.05, 3.63) is 77.2 Å². The minimum absolute atomic E-state index is 0.0131. The van der Waals surface area contributed by atoms with Crippen LogP contribution >= 0.6 is 23.4 Å². The first-order valence-electron chi connectivity index (χ1n) is 12.9. The summed E-state index contributed by atoms with van der Waals surface area (Å²) in [4.78, 5) is 42.6. The minimum Gasteiger partial charge on any atom is -0.366 e. The lowest BCUT2D eigenvalue weighted by atomic mass is 10.1. The van der Waals surface area contributed by atoms with Crippen LogP contribution in [0.3, 0.4) is 0 Å². The molecule has 2 aliphatic heterocycles. The van der Waals surface area contributed by atoms with Crippen LogP contribution in [0.4, 0.5) is 15.9 Å². The summed E-state index contributed by atoms with van der Waals surface area (Å²) in [5.41, 5.74) is 1.25. The van der Waals surface area contributed by atoms with Crippen LogP contribution in [0.25, 0.3) is 0 Å². The predicted molar refractivity (Wildman–Crippen MR) is 152 cm³/mol. The zero-order valence-electron chi connectivity index (χ0n) is 21.7. The van der Waals surface area contributed by atoms with Crippen molar-refractivity contribution in [3.8, 4) is 0 Å². The van der Waals surface area contributed by atoms with Crippen molar-refractivity contribution in [1.82, 2.24) is 19.8 Å². The number of aromatic nitrogens is 2. The van der Waals surface area contributed by atoms with Gasteiger partial charge >= 0.3 is 0 Å². The van der Waals surface area contributed by atoms with Gasteiger partial charge in [0.05, 0.1) is 11.4 Å². The van der Waals surface area contributed by atoms with Crippen molar-refractivity contribution in [3.63, 3.8) is 0 Å². The predicted octanol–water partition coefficient (Wildman–Crippen LogP) is 4.06. The second-order valence-electron chi connectivity index (χ2n) is 9.60. The fraction of sp³-hybridized carbons (Fsp3) is 0.357. The van der Waals surface area contributed by atoms with Crippen molar-refractivity contribution in [2.45, 2.75) is 18.1 Å². The summed E-state index contributed by atoms with van der Waals surface area (Å²) in [5.74, 6) is 0.630. The Labute approximate surface area is 236 Å². The molecule has 0 saturated carbocycles. The molecule has 2 fully saturated rings. The molecule has 1 atom stereocenters. The summed E-state index contributed by atoms with van der Waals surface area (Å²) >= 11 is 7.58. The van der Waals surface area contributed by atoms with Crippen LogP contribution in [-0.4, -0.2) is 89.2 Å². The number of hydrogen-bond acceptors (Lipinski definition) is 7. The Morgan fingerprint density at radius 1 is 0.949 bits per heavy atom. The molecule has 0 bridgehead atoms. The molecule has 0 N–H and O–H groups in total. The van der Waals surface area contributed by atoms with Crippen LogP contribution in [0.5, 0.6) is 0 Å². The highest BCUT2D eigenvalue weighted by atomic mass is 35.5. The van der Waals surface area contributed by atoms with Crippen LogP contribution in [-0.2, 0) is 4.79 Å². The number of carbonyl (C=O) groups is 2. The monoisotopic (exact) mass is 568 g/mol. The number of halogens is 2. The molecular formula is C28H30ClFN6O2S. The molecule has 5 rings (SSSR count). The maximum atomic E-state index is 14.1. The summed E-state index contributed by atoms with van der Waals surface area (Å²) in [6.07, 6.45) is 0. The van der Waals surface area contributed by atoms with Gasteiger partial charge < -0.3 is 19.6 Å². The van der Waals surface area contributed by atoms with E-state index in [1.54, 1.807) is 23.1 Å². The normalized spacial score (nSPS) is 17.9. The molecule has 39 heavy (non-hydrogen) atoms. The Morgan fingerprint density at radius 2 is 1.64 bits per heavy atom. The summed E-state index contributed by atoms with van der Waals surface area (Å²) in [7, 11) is 0. The lowest BCUT2D eigenvalue weighted by Crippen LogP contribution is -2.54. The molecule has 1 unspecified atom stereocenters. The van der Waals surface area contributed by atoms with Gasteiger partial charge in [-0.3, -0.25) is 9.59 Å². The first-order valence-corrected chi connectivity index (χ1v) is 14.3. The third kappa shape index (κ3) is 6.45.